The second-order valence-electron chi connectivity index (χ2n) is 7.83. The van der Waals surface area contributed by atoms with E-state index in [1.165, 1.54) is 0 Å². The van der Waals surface area contributed by atoms with Crippen molar-refractivity contribution in [3.63, 3.8) is 0 Å². The van der Waals surface area contributed by atoms with E-state index in [0.717, 1.165) is 44.4 Å². The fraction of sp³-hybridized carbons (Fsp3) is 1.00. The molecule has 108 valence electrons. The highest BCUT2D eigenvalue weighted by molar-refractivity contribution is 4.90. The molecule has 0 aromatic heterocycles. The molecule has 1 rings (SSSR count). The van der Waals surface area contributed by atoms with Gasteiger partial charge < -0.3 is 9.84 Å². The smallest absolute Gasteiger partial charge is 0.0649 e. The summed E-state index contributed by atoms with van der Waals surface area (Å²) in [6, 6.07) is 0. The van der Waals surface area contributed by atoms with Crippen molar-refractivity contribution in [2.75, 3.05) is 7.11 Å². The van der Waals surface area contributed by atoms with Gasteiger partial charge in [0.25, 0.3) is 0 Å². The van der Waals surface area contributed by atoms with Gasteiger partial charge >= 0.3 is 0 Å². The van der Waals surface area contributed by atoms with E-state index < -0.39 is 5.60 Å². The summed E-state index contributed by atoms with van der Waals surface area (Å²) >= 11 is 0. The van der Waals surface area contributed by atoms with Crippen LogP contribution in [0.15, 0.2) is 0 Å². The van der Waals surface area contributed by atoms with Crippen molar-refractivity contribution in [3.05, 3.63) is 0 Å². The van der Waals surface area contributed by atoms with Gasteiger partial charge in [-0.25, -0.2) is 0 Å². The zero-order valence-electron chi connectivity index (χ0n) is 13.2. The molecule has 0 aliphatic heterocycles. The van der Waals surface area contributed by atoms with Gasteiger partial charge in [0, 0.05) is 7.11 Å². The third-order valence-electron chi connectivity index (χ3n) is 4.89. The van der Waals surface area contributed by atoms with Crippen molar-refractivity contribution in [1.29, 1.82) is 0 Å². The molecular weight excluding hydrogens is 224 g/mol. The molecule has 0 aromatic rings. The molecule has 0 heterocycles. The van der Waals surface area contributed by atoms with Crippen molar-refractivity contribution >= 4 is 0 Å². The Morgan fingerprint density at radius 2 is 1.61 bits per heavy atom. The Morgan fingerprint density at radius 1 is 1.11 bits per heavy atom. The predicted octanol–water partition coefficient (Wildman–Crippen LogP) is 4.16. The van der Waals surface area contributed by atoms with Gasteiger partial charge in [0.2, 0.25) is 0 Å². The monoisotopic (exact) mass is 256 g/mol. The summed E-state index contributed by atoms with van der Waals surface area (Å²) in [6.07, 6.45) is 6.02. The van der Waals surface area contributed by atoms with Crippen LogP contribution >= 0.6 is 0 Å². The quantitative estimate of drug-likeness (QED) is 0.818. The lowest BCUT2D eigenvalue weighted by Crippen LogP contribution is -2.39. The maximum atomic E-state index is 10.7. The summed E-state index contributed by atoms with van der Waals surface area (Å²) in [6.45, 7) is 11.1. The lowest BCUT2D eigenvalue weighted by molar-refractivity contribution is -0.0575. The minimum atomic E-state index is -0.447. The van der Waals surface area contributed by atoms with Gasteiger partial charge in [-0.1, -0.05) is 20.8 Å². The molecule has 0 radical (unpaired) electrons. The molecule has 0 aromatic carbocycles. The first kappa shape index (κ1) is 16.0. The molecule has 0 unspecified atom stereocenters. The van der Waals surface area contributed by atoms with Gasteiger partial charge in [0.05, 0.1) is 11.2 Å². The highest BCUT2D eigenvalue weighted by Gasteiger charge is 2.38. The van der Waals surface area contributed by atoms with E-state index in [-0.39, 0.29) is 5.60 Å². The van der Waals surface area contributed by atoms with E-state index in [0.29, 0.717) is 5.41 Å². The first-order valence-electron chi connectivity index (χ1n) is 7.36. The van der Waals surface area contributed by atoms with Crippen LogP contribution in [0.2, 0.25) is 0 Å². The Labute approximate surface area is 113 Å². The topological polar surface area (TPSA) is 29.5 Å². The fourth-order valence-corrected chi connectivity index (χ4v) is 2.91. The fourth-order valence-electron chi connectivity index (χ4n) is 2.91. The van der Waals surface area contributed by atoms with Crippen LogP contribution in [0.4, 0.5) is 0 Å². The standard InChI is InChI=1S/C16H32O2/c1-14(2,3)13-7-9-16(17,10-8-13)12-11-15(4,5)18-6/h13,17H,7-12H2,1-6H3. The van der Waals surface area contributed by atoms with Crippen LogP contribution in [0.5, 0.6) is 0 Å². The molecule has 1 N–H and O–H groups in total. The molecule has 18 heavy (non-hydrogen) atoms. The number of rotatable bonds is 4. The predicted molar refractivity (Wildman–Crippen MR) is 76.7 cm³/mol. The van der Waals surface area contributed by atoms with Crippen LogP contribution in [0.25, 0.3) is 0 Å². The first-order chi connectivity index (χ1) is 8.08. The average Bonchev–Trinajstić information content (AvgIpc) is 2.26. The molecule has 1 aliphatic rings. The Balaban J connectivity index is 2.45. The Kier molecular flexibility index (Phi) is 4.88. The second kappa shape index (κ2) is 5.50. The molecular formula is C16H32O2. The zero-order chi connectivity index (χ0) is 14.0. The van der Waals surface area contributed by atoms with Crippen LogP contribution in [0.3, 0.4) is 0 Å². The Bertz CT molecular complexity index is 255. The van der Waals surface area contributed by atoms with Crippen LogP contribution in [-0.2, 0) is 4.74 Å². The lowest BCUT2D eigenvalue weighted by atomic mass is 9.67. The minimum absolute atomic E-state index is 0.114. The van der Waals surface area contributed by atoms with E-state index >= 15 is 0 Å². The molecule has 0 spiro atoms. The molecule has 2 nitrogen and oxygen atoms in total. The summed E-state index contributed by atoms with van der Waals surface area (Å²) in [7, 11) is 1.75. The van der Waals surface area contributed by atoms with Crippen LogP contribution < -0.4 is 0 Å². The van der Waals surface area contributed by atoms with Gasteiger partial charge in [-0.2, -0.15) is 0 Å². The van der Waals surface area contributed by atoms with Crippen molar-refractivity contribution in [3.8, 4) is 0 Å². The highest BCUT2D eigenvalue weighted by atomic mass is 16.5. The Morgan fingerprint density at radius 3 is 2.00 bits per heavy atom. The largest absolute Gasteiger partial charge is 0.390 e. The maximum Gasteiger partial charge on any atom is 0.0649 e. The van der Waals surface area contributed by atoms with Crippen LogP contribution in [0.1, 0.15) is 73.1 Å². The number of methoxy groups -OCH3 is 1. The number of aliphatic hydroxyl groups is 1. The van der Waals surface area contributed by atoms with Gasteiger partial charge in [-0.05, 0) is 63.7 Å². The van der Waals surface area contributed by atoms with Crippen molar-refractivity contribution in [1.82, 2.24) is 0 Å². The van der Waals surface area contributed by atoms with Crippen molar-refractivity contribution in [2.45, 2.75) is 84.3 Å². The molecule has 0 atom stereocenters. The number of hydrogen-bond acceptors (Lipinski definition) is 2. The van der Waals surface area contributed by atoms with Crippen LogP contribution in [0, 0.1) is 11.3 Å². The molecule has 0 bridgehead atoms. The molecule has 0 amide bonds. The first-order valence-corrected chi connectivity index (χ1v) is 7.36. The number of ether oxygens (including phenoxy) is 1. The van der Waals surface area contributed by atoms with Crippen molar-refractivity contribution in [2.24, 2.45) is 11.3 Å². The third-order valence-corrected chi connectivity index (χ3v) is 4.89. The minimum Gasteiger partial charge on any atom is -0.390 e. The Hall–Kier alpha value is -0.0800. The number of hydrogen-bond donors (Lipinski definition) is 1. The molecule has 1 saturated carbocycles. The summed E-state index contributed by atoms with van der Waals surface area (Å²) in [5.74, 6) is 0.758. The highest BCUT2D eigenvalue weighted by Crippen LogP contribution is 2.43. The van der Waals surface area contributed by atoms with Gasteiger partial charge in [-0.3, -0.25) is 0 Å². The van der Waals surface area contributed by atoms with E-state index in [1.54, 1.807) is 7.11 Å². The normalized spacial score (nSPS) is 30.5. The van der Waals surface area contributed by atoms with E-state index in [2.05, 4.69) is 34.6 Å². The molecule has 1 fully saturated rings. The summed E-state index contributed by atoms with van der Waals surface area (Å²) < 4.78 is 5.44. The van der Waals surface area contributed by atoms with Gasteiger partial charge in [0.1, 0.15) is 0 Å². The summed E-state index contributed by atoms with van der Waals surface area (Å²) in [5.41, 5.74) is -0.179. The lowest BCUT2D eigenvalue weighted by Gasteiger charge is -2.42. The maximum absolute atomic E-state index is 10.7. The van der Waals surface area contributed by atoms with E-state index in [1.807, 2.05) is 0 Å². The van der Waals surface area contributed by atoms with Gasteiger partial charge in [-0.15, -0.1) is 0 Å². The van der Waals surface area contributed by atoms with Crippen molar-refractivity contribution < 1.29 is 9.84 Å². The second-order valence-corrected chi connectivity index (χ2v) is 7.83. The molecule has 0 saturated heterocycles. The average molecular weight is 256 g/mol. The molecule has 2 heteroatoms. The molecule has 1 aliphatic carbocycles. The third kappa shape index (κ3) is 4.55. The van der Waals surface area contributed by atoms with E-state index in [9.17, 15) is 5.11 Å². The SMILES string of the molecule is COC(C)(C)CCC1(O)CCC(C(C)(C)C)CC1. The van der Waals surface area contributed by atoms with Gasteiger partial charge in [0.15, 0.2) is 0 Å². The van der Waals surface area contributed by atoms with E-state index in [4.69, 9.17) is 4.74 Å². The summed E-state index contributed by atoms with van der Waals surface area (Å²) in [5, 5.41) is 10.7. The summed E-state index contributed by atoms with van der Waals surface area (Å²) in [4.78, 5) is 0. The van der Waals surface area contributed by atoms with Crippen LogP contribution in [-0.4, -0.2) is 23.4 Å². The zero-order valence-corrected chi connectivity index (χ0v) is 13.2.